The summed E-state index contributed by atoms with van der Waals surface area (Å²) in [4.78, 5) is 50.4. The Labute approximate surface area is 154 Å². The van der Waals surface area contributed by atoms with Crippen LogP contribution in [0.5, 0.6) is 0 Å². The van der Waals surface area contributed by atoms with E-state index >= 15 is 0 Å². The molecule has 0 aromatic heterocycles. The molecule has 0 unspecified atom stereocenters. The highest BCUT2D eigenvalue weighted by Gasteiger charge is 2.48. The molecule has 8 nitrogen and oxygen atoms in total. The molecule has 0 bridgehead atoms. The van der Waals surface area contributed by atoms with E-state index < -0.39 is 30.3 Å². The number of benzene rings is 1. The van der Waals surface area contributed by atoms with Crippen LogP contribution in [0.4, 0.5) is 10.5 Å². The second-order valence-corrected chi connectivity index (χ2v) is 6.55. The molecule has 2 fully saturated rings. The predicted molar refractivity (Wildman–Crippen MR) is 91.0 cm³/mol. The van der Waals surface area contributed by atoms with E-state index in [9.17, 15) is 19.2 Å². The Bertz CT molecular complexity index is 842. The lowest BCUT2D eigenvalue weighted by molar-refractivity contribution is -0.144. The molecular formula is C17H15ClN4O4. The molecule has 26 heavy (non-hydrogen) atoms. The highest BCUT2D eigenvalue weighted by Crippen LogP contribution is 2.27. The first-order valence-electron chi connectivity index (χ1n) is 8.11. The number of carbonyl (C=O) groups is 4. The molecule has 134 valence electrons. The van der Waals surface area contributed by atoms with Gasteiger partial charge in [-0.05, 0) is 31.0 Å². The summed E-state index contributed by atoms with van der Waals surface area (Å²) in [6.07, 6.45) is 3.15. The third-order valence-electron chi connectivity index (χ3n) is 4.45. The zero-order chi connectivity index (χ0) is 18.8. The molecule has 0 radical (unpaired) electrons. The quantitative estimate of drug-likeness (QED) is 0.639. The van der Waals surface area contributed by atoms with Crippen LogP contribution in [0.3, 0.4) is 0 Å². The van der Waals surface area contributed by atoms with E-state index in [0.29, 0.717) is 23.4 Å². The van der Waals surface area contributed by atoms with Gasteiger partial charge in [-0.2, -0.15) is 5.26 Å². The summed E-state index contributed by atoms with van der Waals surface area (Å²) in [7, 11) is 0. The molecule has 1 aliphatic carbocycles. The third kappa shape index (κ3) is 3.26. The highest BCUT2D eigenvalue weighted by atomic mass is 35.5. The Kier molecular flexibility index (Phi) is 4.91. The van der Waals surface area contributed by atoms with Gasteiger partial charge in [0.25, 0.3) is 0 Å². The van der Waals surface area contributed by atoms with Crippen molar-refractivity contribution < 1.29 is 19.2 Å². The van der Waals surface area contributed by atoms with Crippen LogP contribution in [0.25, 0.3) is 0 Å². The van der Waals surface area contributed by atoms with Crippen molar-refractivity contribution in [1.29, 1.82) is 5.26 Å². The molecule has 1 saturated heterocycles. The van der Waals surface area contributed by atoms with Crippen LogP contribution in [0.15, 0.2) is 18.2 Å². The van der Waals surface area contributed by atoms with Crippen LogP contribution >= 0.6 is 11.6 Å². The summed E-state index contributed by atoms with van der Waals surface area (Å²) >= 11 is 5.90. The minimum absolute atomic E-state index is 0.168. The van der Waals surface area contributed by atoms with Gasteiger partial charge < -0.3 is 5.32 Å². The molecule has 5 amide bonds. The van der Waals surface area contributed by atoms with Gasteiger partial charge in [0.1, 0.15) is 12.6 Å². The van der Waals surface area contributed by atoms with Crippen LogP contribution < -0.4 is 5.32 Å². The topological polar surface area (TPSA) is 111 Å². The summed E-state index contributed by atoms with van der Waals surface area (Å²) in [6.45, 7) is -0.565. The van der Waals surface area contributed by atoms with Crippen molar-refractivity contribution in [3.8, 4) is 6.07 Å². The molecule has 1 aromatic rings. The van der Waals surface area contributed by atoms with Crippen LogP contribution in [0.2, 0.25) is 5.02 Å². The van der Waals surface area contributed by atoms with Crippen molar-refractivity contribution >= 4 is 41.0 Å². The van der Waals surface area contributed by atoms with E-state index in [1.807, 2.05) is 6.07 Å². The third-order valence-corrected chi connectivity index (χ3v) is 4.76. The minimum Gasteiger partial charge on any atom is -0.324 e. The lowest BCUT2D eigenvalue weighted by Crippen LogP contribution is -2.41. The first kappa shape index (κ1) is 17.9. The Morgan fingerprint density at radius 1 is 1.23 bits per heavy atom. The molecule has 0 spiro atoms. The van der Waals surface area contributed by atoms with Gasteiger partial charge in [0.15, 0.2) is 0 Å². The maximum Gasteiger partial charge on any atom is 0.334 e. The van der Waals surface area contributed by atoms with Crippen molar-refractivity contribution in [2.24, 2.45) is 0 Å². The summed E-state index contributed by atoms with van der Waals surface area (Å²) in [5, 5.41) is 11.5. The lowest BCUT2D eigenvalue weighted by atomic mass is 10.2. The fourth-order valence-electron chi connectivity index (χ4n) is 3.17. The molecule has 1 aromatic carbocycles. The zero-order valence-corrected chi connectivity index (χ0v) is 14.5. The lowest BCUT2D eigenvalue weighted by Gasteiger charge is -2.20. The molecule has 2 aliphatic rings. The summed E-state index contributed by atoms with van der Waals surface area (Å²) in [5.74, 6) is -2.51. The van der Waals surface area contributed by atoms with Crippen LogP contribution in [0, 0.1) is 11.3 Å². The molecule has 1 heterocycles. The summed E-state index contributed by atoms with van der Waals surface area (Å²) in [6, 6.07) is 5.18. The number of hydrogen-bond donors (Lipinski definition) is 1. The zero-order valence-electron chi connectivity index (χ0n) is 13.7. The van der Waals surface area contributed by atoms with Crippen molar-refractivity contribution in [2.75, 3.05) is 11.9 Å². The Balaban J connectivity index is 1.68. The monoisotopic (exact) mass is 374 g/mol. The smallest absolute Gasteiger partial charge is 0.324 e. The molecule has 0 atom stereocenters. The number of carbonyl (C=O) groups excluding carboxylic acids is 4. The largest absolute Gasteiger partial charge is 0.334 e. The Morgan fingerprint density at radius 3 is 2.54 bits per heavy atom. The SMILES string of the molecule is N#Cc1ccc(NC(=O)CN2C(=O)C(=O)N(C3CCCC3)C2=O)cc1Cl. The minimum atomic E-state index is -0.991. The number of halogens is 1. The maximum absolute atomic E-state index is 12.4. The second kappa shape index (κ2) is 7.14. The molecule has 1 saturated carbocycles. The van der Waals surface area contributed by atoms with E-state index in [1.54, 1.807) is 0 Å². The fraction of sp³-hybridized carbons (Fsp3) is 0.353. The van der Waals surface area contributed by atoms with E-state index in [-0.39, 0.29) is 16.6 Å². The Morgan fingerprint density at radius 2 is 1.92 bits per heavy atom. The Hall–Kier alpha value is -2.92. The number of urea groups is 1. The number of nitrogens with zero attached hydrogens (tertiary/aromatic N) is 3. The summed E-state index contributed by atoms with van der Waals surface area (Å²) in [5.41, 5.74) is 0.574. The van der Waals surface area contributed by atoms with Crippen LogP contribution in [-0.2, 0) is 14.4 Å². The van der Waals surface area contributed by atoms with E-state index in [4.69, 9.17) is 16.9 Å². The number of nitrogens with one attached hydrogen (secondary N) is 1. The number of hydrogen-bond acceptors (Lipinski definition) is 5. The number of nitriles is 1. The van der Waals surface area contributed by atoms with E-state index in [1.165, 1.54) is 18.2 Å². The first-order chi connectivity index (χ1) is 12.4. The average Bonchev–Trinajstić information content (AvgIpc) is 3.19. The molecular weight excluding hydrogens is 360 g/mol. The molecule has 1 aliphatic heterocycles. The van der Waals surface area contributed by atoms with Crippen molar-refractivity contribution in [3.05, 3.63) is 28.8 Å². The van der Waals surface area contributed by atoms with Crippen molar-refractivity contribution in [1.82, 2.24) is 9.80 Å². The van der Waals surface area contributed by atoms with E-state index in [0.717, 1.165) is 17.7 Å². The molecule has 3 rings (SSSR count). The van der Waals surface area contributed by atoms with Crippen LogP contribution in [0.1, 0.15) is 31.2 Å². The molecule has 9 heteroatoms. The van der Waals surface area contributed by atoms with E-state index in [2.05, 4.69) is 5.32 Å². The number of imide groups is 2. The van der Waals surface area contributed by atoms with Gasteiger partial charge >= 0.3 is 17.8 Å². The van der Waals surface area contributed by atoms with Gasteiger partial charge in [-0.1, -0.05) is 24.4 Å². The number of rotatable bonds is 4. The van der Waals surface area contributed by atoms with Gasteiger partial charge in [0, 0.05) is 11.7 Å². The maximum atomic E-state index is 12.4. The van der Waals surface area contributed by atoms with Crippen molar-refractivity contribution in [3.63, 3.8) is 0 Å². The number of anilines is 1. The van der Waals surface area contributed by atoms with Crippen LogP contribution in [-0.4, -0.2) is 46.1 Å². The van der Waals surface area contributed by atoms with Gasteiger partial charge in [0.05, 0.1) is 10.6 Å². The van der Waals surface area contributed by atoms with Gasteiger partial charge in [0.2, 0.25) is 5.91 Å². The van der Waals surface area contributed by atoms with Gasteiger partial charge in [-0.3, -0.25) is 19.3 Å². The number of amides is 5. The second-order valence-electron chi connectivity index (χ2n) is 6.14. The summed E-state index contributed by atoms with van der Waals surface area (Å²) < 4.78 is 0. The first-order valence-corrected chi connectivity index (χ1v) is 8.48. The van der Waals surface area contributed by atoms with Gasteiger partial charge in [-0.25, -0.2) is 9.69 Å². The average molecular weight is 375 g/mol. The normalized spacial score (nSPS) is 17.8. The van der Waals surface area contributed by atoms with Crippen molar-refractivity contribution in [2.45, 2.75) is 31.7 Å². The highest BCUT2D eigenvalue weighted by molar-refractivity contribution is 6.45. The predicted octanol–water partition coefficient (Wildman–Crippen LogP) is 1.88. The fourth-order valence-corrected chi connectivity index (χ4v) is 3.40. The standard InChI is InChI=1S/C17H15ClN4O4/c18-13-7-11(6-5-10(13)8-19)20-14(23)9-21-15(24)16(25)22(17(21)26)12-3-1-2-4-12/h5-7,12H,1-4,9H2,(H,20,23). The molecule has 1 N–H and O–H groups in total. The van der Waals surface area contributed by atoms with Gasteiger partial charge in [-0.15, -0.1) is 0 Å².